The number of carboxylic acid groups (broad SMARTS) is 1. The zero-order valence-corrected chi connectivity index (χ0v) is 11.4. The van der Waals surface area contributed by atoms with Crippen LogP contribution in [0, 0.1) is 0 Å². The average molecular weight is 255 g/mol. The summed E-state index contributed by atoms with van der Waals surface area (Å²) >= 11 is 0. The van der Waals surface area contributed by atoms with Crippen LogP contribution in [0.1, 0.15) is 64.7 Å². The Hall–Kier alpha value is -1.06. The third kappa shape index (κ3) is 4.67. The molecule has 0 aliphatic carbocycles. The number of aliphatic carboxylic acids is 1. The van der Waals surface area contributed by atoms with Gasteiger partial charge >= 0.3 is 5.97 Å². The summed E-state index contributed by atoms with van der Waals surface area (Å²) in [7, 11) is 0. The molecule has 0 spiro atoms. The van der Waals surface area contributed by atoms with Gasteiger partial charge in [-0.05, 0) is 19.3 Å². The van der Waals surface area contributed by atoms with Gasteiger partial charge < -0.3 is 10.0 Å². The normalized spacial score (nSPS) is 21.2. The quantitative estimate of drug-likeness (QED) is 0.768. The first-order valence-corrected chi connectivity index (χ1v) is 7.19. The van der Waals surface area contributed by atoms with E-state index in [9.17, 15) is 14.7 Å². The lowest BCUT2D eigenvalue weighted by atomic mass is 10.0. The van der Waals surface area contributed by atoms with Gasteiger partial charge in [0.15, 0.2) is 0 Å². The Kier molecular flexibility index (Phi) is 6.76. The molecule has 1 N–H and O–H groups in total. The molecule has 1 aliphatic rings. The lowest BCUT2D eigenvalue weighted by Gasteiger charge is -2.31. The van der Waals surface area contributed by atoms with E-state index in [1.54, 1.807) is 4.90 Å². The van der Waals surface area contributed by atoms with E-state index in [4.69, 9.17) is 0 Å². The number of hydrogen-bond donors (Lipinski definition) is 1. The van der Waals surface area contributed by atoms with Crippen LogP contribution in [0.4, 0.5) is 0 Å². The molecule has 0 radical (unpaired) electrons. The monoisotopic (exact) mass is 255 g/mol. The minimum atomic E-state index is -0.847. The molecular weight excluding hydrogens is 230 g/mol. The number of rotatable bonds is 5. The van der Waals surface area contributed by atoms with Crippen LogP contribution in [0.15, 0.2) is 0 Å². The summed E-state index contributed by atoms with van der Waals surface area (Å²) in [6, 6.07) is -0.598. The summed E-state index contributed by atoms with van der Waals surface area (Å²) in [6.45, 7) is 2.71. The molecule has 1 amide bonds. The molecule has 0 aromatic rings. The molecule has 1 aliphatic heterocycles. The number of carbonyl (C=O) groups is 2. The fraction of sp³-hybridized carbons (Fsp3) is 0.857. The van der Waals surface area contributed by atoms with Crippen LogP contribution in [0.5, 0.6) is 0 Å². The first-order valence-electron chi connectivity index (χ1n) is 7.19. The van der Waals surface area contributed by atoms with Gasteiger partial charge in [0.25, 0.3) is 0 Å². The van der Waals surface area contributed by atoms with Gasteiger partial charge in [-0.3, -0.25) is 4.79 Å². The average Bonchev–Trinajstić information content (AvgIpc) is 2.28. The molecule has 18 heavy (non-hydrogen) atoms. The molecule has 104 valence electrons. The summed E-state index contributed by atoms with van der Waals surface area (Å²) < 4.78 is 0. The highest BCUT2D eigenvalue weighted by Gasteiger charge is 2.29. The Morgan fingerprint density at radius 2 is 1.89 bits per heavy atom. The van der Waals surface area contributed by atoms with E-state index in [1.165, 1.54) is 0 Å². The third-order valence-corrected chi connectivity index (χ3v) is 3.60. The number of hydrogen-bond acceptors (Lipinski definition) is 2. The number of likely N-dealkylation sites (tertiary alicyclic amines) is 1. The van der Waals surface area contributed by atoms with Crippen LogP contribution in [-0.4, -0.2) is 34.5 Å². The SMILES string of the molecule is CCCCCC(=O)N1CCCCCCC1C(=O)O. The molecule has 1 atom stereocenters. The summed E-state index contributed by atoms with van der Waals surface area (Å²) in [5.74, 6) is -0.821. The van der Waals surface area contributed by atoms with Crippen LogP contribution in [-0.2, 0) is 9.59 Å². The number of carbonyl (C=O) groups excluding carboxylic acids is 1. The summed E-state index contributed by atoms with van der Waals surface area (Å²) in [5.41, 5.74) is 0. The highest BCUT2D eigenvalue weighted by atomic mass is 16.4. The van der Waals surface area contributed by atoms with E-state index in [0.717, 1.165) is 44.9 Å². The van der Waals surface area contributed by atoms with Crippen molar-refractivity contribution in [2.75, 3.05) is 6.54 Å². The maximum atomic E-state index is 12.1. The Labute approximate surface area is 109 Å². The lowest BCUT2D eigenvalue weighted by molar-refractivity contribution is -0.151. The number of carboxylic acids is 1. The van der Waals surface area contributed by atoms with Crippen LogP contribution in [0.25, 0.3) is 0 Å². The van der Waals surface area contributed by atoms with Crippen molar-refractivity contribution in [3.63, 3.8) is 0 Å². The van der Waals surface area contributed by atoms with Gasteiger partial charge in [0, 0.05) is 13.0 Å². The maximum absolute atomic E-state index is 12.1. The van der Waals surface area contributed by atoms with Crippen LogP contribution in [0.2, 0.25) is 0 Å². The topological polar surface area (TPSA) is 57.6 Å². The first-order chi connectivity index (χ1) is 8.66. The second-order valence-corrected chi connectivity index (χ2v) is 5.10. The van der Waals surface area contributed by atoms with Gasteiger partial charge in [0.1, 0.15) is 6.04 Å². The van der Waals surface area contributed by atoms with E-state index in [-0.39, 0.29) is 5.91 Å². The Morgan fingerprint density at radius 3 is 2.56 bits per heavy atom. The second-order valence-electron chi connectivity index (χ2n) is 5.10. The number of amides is 1. The van der Waals surface area contributed by atoms with E-state index >= 15 is 0 Å². The van der Waals surface area contributed by atoms with E-state index in [1.807, 2.05) is 0 Å². The van der Waals surface area contributed by atoms with Crippen molar-refractivity contribution in [2.24, 2.45) is 0 Å². The van der Waals surface area contributed by atoms with Gasteiger partial charge in [0.05, 0.1) is 0 Å². The second kappa shape index (κ2) is 8.11. The molecule has 4 nitrogen and oxygen atoms in total. The molecule has 1 heterocycles. The highest BCUT2D eigenvalue weighted by Crippen LogP contribution is 2.18. The predicted molar refractivity (Wildman–Crippen MR) is 70.4 cm³/mol. The Balaban J connectivity index is 2.59. The van der Waals surface area contributed by atoms with Crippen LogP contribution < -0.4 is 0 Å². The summed E-state index contributed by atoms with van der Waals surface area (Å²) in [4.78, 5) is 25.0. The molecule has 1 saturated heterocycles. The molecular formula is C14H25NO3. The van der Waals surface area contributed by atoms with Crippen molar-refractivity contribution < 1.29 is 14.7 Å². The molecule has 0 aromatic heterocycles. The Bertz CT molecular complexity index is 278. The van der Waals surface area contributed by atoms with Crippen molar-refractivity contribution in [3.05, 3.63) is 0 Å². The van der Waals surface area contributed by atoms with Crippen LogP contribution in [0.3, 0.4) is 0 Å². The van der Waals surface area contributed by atoms with E-state index in [2.05, 4.69) is 6.92 Å². The van der Waals surface area contributed by atoms with Gasteiger partial charge in [-0.2, -0.15) is 0 Å². The lowest BCUT2D eigenvalue weighted by Crippen LogP contribution is -2.46. The highest BCUT2D eigenvalue weighted by molar-refractivity contribution is 5.83. The van der Waals surface area contributed by atoms with Crippen LogP contribution >= 0.6 is 0 Å². The summed E-state index contributed by atoms with van der Waals surface area (Å²) in [5, 5.41) is 9.25. The number of nitrogens with zero attached hydrogens (tertiary/aromatic N) is 1. The maximum Gasteiger partial charge on any atom is 0.326 e. The van der Waals surface area contributed by atoms with Gasteiger partial charge in [0.2, 0.25) is 5.91 Å². The molecule has 0 bridgehead atoms. The van der Waals surface area contributed by atoms with Crippen molar-refractivity contribution in [3.8, 4) is 0 Å². The van der Waals surface area contributed by atoms with Crippen molar-refractivity contribution >= 4 is 11.9 Å². The zero-order valence-electron chi connectivity index (χ0n) is 11.4. The fourth-order valence-electron chi connectivity index (χ4n) is 2.51. The van der Waals surface area contributed by atoms with Gasteiger partial charge in [-0.1, -0.05) is 39.0 Å². The standard InChI is InChI=1S/C14H25NO3/c1-2-3-6-10-13(16)15-11-8-5-4-7-9-12(15)14(17)18/h12H,2-11H2,1H3,(H,17,18). The molecule has 1 fully saturated rings. The van der Waals surface area contributed by atoms with E-state index < -0.39 is 12.0 Å². The van der Waals surface area contributed by atoms with Crippen molar-refractivity contribution in [1.82, 2.24) is 4.90 Å². The van der Waals surface area contributed by atoms with Gasteiger partial charge in [-0.15, -0.1) is 0 Å². The predicted octanol–water partition coefficient (Wildman–Crippen LogP) is 2.81. The first kappa shape index (κ1) is 15.0. The minimum absolute atomic E-state index is 0.0257. The smallest absolute Gasteiger partial charge is 0.326 e. The number of unbranched alkanes of at least 4 members (excludes halogenated alkanes) is 2. The largest absolute Gasteiger partial charge is 0.480 e. The molecule has 4 heteroatoms. The van der Waals surface area contributed by atoms with E-state index in [0.29, 0.717) is 19.4 Å². The van der Waals surface area contributed by atoms with Crippen molar-refractivity contribution in [2.45, 2.75) is 70.8 Å². The summed E-state index contributed by atoms with van der Waals surface area (Å²) in [6.07, 6.45) is 8.13. The Morgan fingerprint density at radius 1 is 1.17 bits per heavy atom. The fourth-order valence-corrected chi connectivity index (χ4v) is 2.51. The minimum Gasteiger partial charge on any atom is -0.480 e. The van der Waals surface area contributed by atoms with Crippen molar-refractivity contribution in [1.29, 1.82) is 0 Å². The molecule has 0 saturated carbocycles. The van der Waals surface area contributed by atoms with Gasteiger partial charge in [-0.25, -0.2) is 4.79 Å². The molecule has 1 unspecified atom stereocenters. The molecule has 0 aromatic carbocycles. The zero-order chi connectivity index (χ0) is 13.4. The third-order valence-electron chi connectivity index (χ3n) is 3.60. The molecule has 1 rings (SSSR count).